The molecule has 0 unspecified atom stereocenters. The lowest BCUT2D eigenvalue weighted by molar-refractivity contribution is 0.475. The van der Waals surface area contributed by atoms with E-state index in [1.165, 1.54) is 5.56 Å². The number of benzene rings is 2. The van der Waals surface area contributed by atoms with E-state index in [-0.39, 0.29) is 11.0 Å². The van der Waals surface area contributed by atoms with Crippen LogP contribution in [0.15, 0.2) is 48.5 Å². The molecule has 0 aliphatic heterocycles. The molecule has 0 saturated carbocycles. The average Bonchev–Trinajstić information content (AvgIpc) is 2.74. The quantitative estimate of drug-likeness (QED) is 0.517. The summed E-state index contributed by atoms with van der Waals surface area (Å²) >= 11 is 12.1. The molecule has 0 aliphatic carbocycles. The molecule has 0 atom stereocenters. The summed E-state index contributed by atoms with van der Waals surface area (Å²) in [5, 5.41) is 10.3. The second-order valence-electron chi connectivity index (χ2n) is 7.19. The largest absolute Gasteiger partial charge is 0.508 e. The number of anilines is 2. The summed E-state index contributed by atoms with van der Waals surface area (Å²) < 4.78 is 0. The number of nitrogens with zero attached hydrogens (tertiary/aromatic N) is 5. The lowest BCUT2D eigenvalue weighted by Crippen LogP contribution is -2.26. The topological polar surface area (TPSA) is 65.4 Å². The normalized spacial score (nSPS) is 10.8. The summed E-state index contributed by atoms with van der Waals surface area (Å²) in [6, 6.07) is 15.1. The monoisotopic (exact) mass is 445 g/mol. The van der Waals surface area contributed by atoms with Crippen molar-refractivity contribution < 1.29 is 5.11 Å². The van der Waals surface area contributed by atoms with Gasteiger partial charge in [-0.1, -0.05) is 35.9 Å². The third-order valence-electron chi connectivity index (χ3n) is 4.81. The fourth-order valence-corrected chi connectivity index (χ4v) is 3.28. The van der Waals surface area contributed by atoms with Crippen LogP contribution in [0.25, 0.3) is 0 Å². The highest BCUT2D eigenvalue weighted by molar-refractivity contribution is 6.30. The fourth-order valence-electron chi connectivity index (χ4n) is 3.00. The first-order chi connectivity index (χ1) is 14.4. The molecule has 0 amide bonds. The Hall–Kier alpha value is -2.57. The number of likely N-dealkylation sites (N-methyl/N-ethyl adjacent to an activating group) is 1. The van der Waals surface area contributed by atoms with E-state index in [0.717, 1.165) is 36.4 Å². The van der Waals surface area contributed by atoms with Crippen LogP contribution in [0.1, 0.15) is 17.5 Å². The zero-order valence-electron chi connectivity index (χ0n) is 17.1. The van der Waals surface area contributed by atoms with Gasteiger partial charge in [-0.15, -0.1) is 0 Å². The number of aromatic hydroxyl groups is 1. The molecule has 1 aromatic heterocycles. The third kappa shape index (κ3) is 6.47. The minimum absolute atomic E-state index is 0.177. The predicted molar refractivity (Wildman–Crippen MR) is 123 cm³/mol. The molecular formula is C22H25Cl2N5O. The maximum absolute atomic E-state index is 9.40. The number of phenols is 1. The van der Waals surface area contributed by atoms with Crippen molar-refractivity contribution in [3.63, 3.8) is 0 Å². The zero-order valence-corrected chi connectivity index (χ0v) is 18.6. The number of halogens is 2. The van der Waals surface area contributed by atoms with Crippen LogP contribution in [0.5, 0.6) is 5.75 Å². The lowest BCUT2D eigenvalue weighted by atomic mass is 10.1. The molecule has 3 rings (SSSR count). The Morgan fingerprint density at radius 2 is 1.27 bits per heavy atom. The molecule has 0 bridgehead atoms. The maximum atomic E-state index is 9.40. The van der Waals surface area contributed by atoms with Crippen LogP contribution >= 0.6 is 23.2 Å². The van der Waals surface area contributed by atoms with E-state index in [1.54, 1.807) is 12.1 Å². The Morgan fingerprint density at radius 3 is 1.90 bits per heavy atom. The summed E-state index contributed by atoms with van der Waals surface area (Å²) in [5.74, 6) is 1.35. The smallest absolute Gasteiger partial charge is 0.231 e. The van der Waals surface area contributed by atoms with Gasteiger partial charge in [-0.05, 0) is 66.3 Å². The van der Waals surface area contributed by atoms with Gasteiger partial charge >= 0.3 is 0 Å². The van der Waals surface area contributed by atoms with Crippen LogP contribution < -0.4 is 9.80 Å². The maximum Gasteiger partial charge on any atom is 0.231 e. The van der Waals surface area contributed by atoms with Gasteiger partial charge in [-0.25, -0.2) is 0 Å². The summed E-state index contributed by atoms with van der Waals surface area (Å²) in [6.07, 6.45) is 2.69. The van der Waals surface area contributed by atoms with Crippen molar-refractivity contribution in [1.29, 1.82) is 0 Å². The van der Waals surface area contributed by atoms with Crippen molar-refractivity contribution in [2.24, 2.45) is 0 Å². The molecule has 158 valence electrons. The Morgan fingerprint density at radius 1 is 0.733 bits per heavy atom. The highest BCUT2D eigenvalue weighted by Crippen LogP contribution is 2.17. The van der Waals surface area contributed by atoms with Gasteiger partial charge in [0.15, 0.2) is 0 Å². The van der Waals surface area contributed by atoms with Gasteiger partial charge in [0.25, 0.3) is 0 Å². The standard InChI is InChI=1S/C22H25Cl2N5O/c1-28(14-3-4-16-5-9-18(23)10-6-16)21-25-20(24)26-22(27-21)29(2)15-13-17-7-11-19(30)12-8-17/h5-12,30H,3-4,13-15H2,1-2H3. The summed E-state index contributed by atoms with van der Waals surface area (Å²) in [7, 11) is 3.88. The number of aromatic nitrogens is 3. The van der Waals surface area contributed by atoms with Crippen molar-refractivity contribution >= 4 is 35.1 Å². The molecule has 0 spiro atoms. The second kappa shape index (κ2) is 10.5. The van der Waals surface area contributed by atoms with E-state index in [2.05, 4.69) is 15.0 Å². The van der Waals surface area contributed by atoms with E-state index in [0.29, 0.717) is 18.4 Å². The van der Waals surface area contributed by atoms with Crippen LogP contribution in [-0.4, -0.2) is 47.2 Å². The van der Waals surface area contributed by atoms with Crippen LogP contribution in [0, 0.1) is 0 Å². The van der Waals surface area contributed by atoms with Gasteiger partial charge in [-0.3, -0.25) is 0 Å². The highest BCUT2D eigenvalue weighted by atomic mass is 35.5. The molecule has 0 aliphatic rings. The molecule has 0 radical (unpaired) electrons. The third-order valence-corrected chi connectivity index (χ3v) is 5.23. The Bertz CT molecular complexity index is 951. The Labute approximate surface area is 187 Å². The van der Waals surface area contributed by atoms with Gasteiger partial charge in [0.2, 0.25) is 17.2 Å². The summed E-state index contributed by atoms with van der Waals surface area (Å²) in [5.41, 5.74) is 2.37. The predicted octanol–water partition coefficient (Wildman–Crippen LogP) is 4.63. The van der Waals surface area contributed by atoms with Crippen molar-refractivity contribution in [3.8, 4) is 5.75 Å². The molecule has 0 fully saturated rings. The van der Waals surface area contributed by atoms with Crippen molar-refractivity contribution in [3.05, 3.63) is 70.0 Å². The van der Waals surface area contributed by atoms with Crippen LogP contribution in [0.4, 0.5) is 11.9 Å². The molecule has 3 aromatic rings. The first-order valence-corrected chi connectivity index (χ1v) is 10.5. The van der Waals surface area contributed by atoms with E-state index < -0.39 is 0 Å². The first kappa shape index (κ1) is 22.1. The Kier molecular flexibility index (Phi) is 7.71. The van der Waals surface area contributed by atoms with Gasteiger partial charge in [0.1, 0.15) is 5.75 Å². The van der Waals surface area contributed by atoms with Gasteiger partial charge in [0, 0.05) is 32.2 Å². The highest BCUT2D eigenvalue weighted by Gasteiger charge is 2.13. The van der Waals surface area contributed by atoms with Crippen molar-refractivity contribution in [2.75, 3.05) is 37.0 Å². The minimum atomic E-state index is 0.177. The minimum Gasteiger partial charge on any atom is -0.508 e. The summed E-state index contributed by atoms with van der Waals surface area (Å²) in [4.78, 5) is 17.1. The average molecular weight is 446 g/mol. The Balaban J connectivity index is 1.57. The molecule has 6 nitrogen and oxygen atoms in total. The number of hydrogen-bond donors (Lipinski definition) is 1. The van der Waals surface area contributed by atoms with Crippen LogP contribution in [-0.2, 0) is 12.8 Å². The first-order valence-electron chi connectivity index (χ1n) is 9.77. The van der Waals surface area contributed by atoms with Crippen molar-refractivity contribution in [1.82, 2.24) is 15.0 Å². The van der Waals surface area contributed by atoms with Gasteiger partial charge < -0.3 is 14.9 Å². The van der Waals surface area contributed by atoms with Crippen molar-refractivity contribution in [2.45, 2.75) is 19.3 Å². The van der Waals surface area contributed by atoms with Crippen LogP contribution in [0.2, 0.25) is 10.3 Å². The molecule has 1 N–H and O–H groups in total. The molecule has 0 saturated heterocycles. The fraction of sp³-hybridized carbons (Fsp3) is 0.318. The molecule has 30 heavy (non-hydrogen) atoms. The van der Waals surface area contributed by atoms with Gasteiger partial charge in [-0.2, -0.15) is 15.0 Å². The lowest BCUT2D eigenvalue weighted by Gasteiger charge is -2.21. The number of hydrogen-bond acceptors (Lipinski definition) is 6. The summed E-state index contributed by atoms with van der Waals surface area (Å²) in [6.45, 7) is 1.50. The SMILES string of the molecule is CN(CCCc1ccc(Cl)cc1)c1nc(Cl)nc(N(C)CCc2ccc(O)cc2)n1. The van der Waals surface area contributed by atoms with Gasteiger partial charge in [0.05, 0.1) is 0 Å². The zero-order chi connectivity index (χ0) is 21.5. The van der Waals surface area contributed by atoms with E-state index >= 15 is 0 Å². The molecule has 2 aromatic carbocycles. The number of aryl methyl sites for hydroxylation is 1. The molecule has 1 heterocycles. The van der Waals surface area contributed by atoms with E-state index in [9.17, 15) is 5.11 Å². The molecular weight excluding hydrogens is 421 g/mol. The second-order valence-corrected chi connectivity index (χ2v) is 7.97. The van der Waals surface area contributed by atoms with E-state index in [1.807, 2.05) is 60.3 Å². The number of rotatable bonds is 9. The van der Waals surface area contributed by atoms with Crippen LogP contribution in [0.3, 0.4) is 0 Å². The number of phenolic OH excluding ortho intramolecular Hbond substituents is 1. The van der Waals surface area contributed by atoms with E-state index in [4.69, 9.17) is 23.2 Å². The molecule has 8 heteroatoms.